The SMILES string of the molecule is CC1(NC2CC(=O)N(C3CCCCC3)C2=O)CCC1. The van der Waals surface area contributed by atoms with Gasteiger partial charge >= 0.3 is 0 Å². The topological polar surface area (TPSA) is 49.4 Å². The van der Waals surface area contributed by atoms with Gasteiger partial charge in [-0.3, -0.25) is 14.5 Å². The van der Waals surface area contributed by atoms with Gasteiger partial charge in [-0.15, -0.1) is 0 Å². The third-order valence-electron chi connectivity index (χ3n) is 5.10. The molecular formula is C15H24N2O2. The van der Waals surface area contributed by atoms with Crippen molar-refractivity contribution in [1.29, 1.82) is 0 Å². The first-order valence-corrected chi connectivity index (χ1v) is 7.73. The van der Waals surface area contributed by atoms with Gasteiger partial charge < -0.3 is 5.32 Å². The second-order valence-electron chi connectivity index (χ2n) is 6.71. The van der Waals surface area contributed by atoms with Crippen molar-refractivity contribution in [3.05, 3.63) is 0 Å². The highest BCUT2D eigenvalue weighted by atomic mass is 16.2. The Bertz CT molecular complexity index is 384. The molecule has 0 aromatic heterocycles. The second-order valence-corrected chi connectivity index (χ2v) is 6.71. The molecule has 1 heterocycles. The van der Waals surface area contributed by atoms with Crippen LogP contribution < -0.4 is 5.32 Å². The number of nitrogens with zero attached hydrogens (tertiary/aromatic N) is 1. The number of amides is 2. The van der Waals surface area contributed by atoms with Crippen LogP contribution in [0.2, 0.25) is 0 Å². The Morgan fingerprint density at radius 1 is 1.11 bits per heavy atom. The Labute approximate surface area is 114 Å². The normalized spacial score (nSPS) is 31.6. The highest BCUT2D eigenvalue weighted by Crippen LogP contribution is 2.34. The summed E-state index contributed by atoms with van der Waals surface area (Å²) in [6, 6.07) is -0.0885. The van der Waals surface area contributed by atoms with Crippen molar-refractivity contribution in [3.63, 3.8) is 0 Å². The highest BCUT2D eigenvalue weighted by molar-refractivity contribution is 6.05. The summed E-state index contributed by atoms with van der Waals surface area (Å²) in [5.74, 6) is 0.0716. The molecule has 0 aromatic carbocycles. The van der Waals surface area contributed by atoms with Gasteiger partial charge in [-0.25, -0.2) is 0 Å². The first kappa shape index (κ1) is 13.1. The molecule has 4 nitrogen and oxygen atoms in total. The number of rotatable bonds is 3. The third kappa shape index (κ3) is 2.42. The van der Waals surface area contributed by atoms with Crippen molar-refractivity contribution in [2.24, 2.45) is 0 Å². The lowest BCUT2D eigenvalue weighted by atomic mass is 9.78. The van der Waals surface area contributed by atoms with Gasteiger partial charge in [-0.2, -0.15) is 0 Å². The molecule has 3 aliphatic rings. The van der Waals surface area contributed by atoms with Crippen LogP contribution in [0, 0.1) is 0 Å². The van der Waals surface area contributed by atoms with E-state index >= 15 is 0 Å². The minimum absolute atomic E-state index is 0.0324. The van der Waals surface area contributed by atoms with Crippen LogP contribution >= 0.6 is 0 Å². The van der Waals surface area contributed by atoms with Gasteiger partial charge in [-0.05, 0) is 39.0 Å². The maximum atomic E-state index is 12.5. The van der Waals surface area contributed by atoms with Gasteiger partial charge in [0, 0.05) is 11.6 Å². The first-order chi connectivity index (χ1) is 9.09. The molecule has 0 radical (unpaired) electrons. The molecule has 19 heavy (non-hydrogen) atoms. The van der Waals surface area contributed by atoms with Crippen LogP contribution in [0.1, 0.15) is 64.7 Å². The van der Waals surface area contributed by atoms with E-state index in [0.29, 0.717) is 6.42 Å². The Kier molecular flexibility index (Phi) is 3.37. The summed E-state index contributed by atoms with van der Waals surface area (Å²) in [5, 5.41) is 3.43. The predicted molar refractivity (Wildman–Crippen MR) is 72.5 cm³/mol. The number of hydrogen-bond donors (Lipinski definition) is 1. The number of carbonyl (C=O) groups is 2. The number of nitrogens with one attached hydrogen (secondary N) is 1. The van der Waals surface area contributed by atoms with Crippen molar-refractivity contribution in [2.45, 2.75) is 82.3 Å². The lowest BCUT2D eigenvalue weighted by molar-refractivity contribution is -0.142. The zero-order chi connectivity index (χ0) is 13.5. The summed E-state index contributed by atoms with van der Waals surface area (Å²) >= 11 is 0. The zero-order valence-electron chi connectivity index (χ0n) is 11.8. The Balaban J connectivity index is 1.66. The minimum atomic E-state index is -0.264. The fourth-order valence-corrected chi connectivity index (χ4v) is 3.76. The van der Waals surface area contributed by atoms with Crippen LogP contribution in [0.3, 0.4) is 0 Å². The molecule has 0 aromatic rings. The Hall–Kier alpha value is -0.900. The van der Waals surface area contributed by atoms with E-state index in [0.717, 1.165) is 38.5 Å². The van der Waals surface area contributed by atoms with Gasteiger partial charge in [0.25, 0.3) is 0 Å². The quantitative estimate of drug-likeness (QED) is 0.793. The number of likely N-dealkylation sites (tertiary alicyclic amines) is 1. The molecule has 1 saturated heterocycles. The molecule has 3 rings (SSSR count). The van der Waals surface area contributed by atoms with E-state index in [2.05, 4.69) is 12.2 Å². The maximum Gasteiger partial charge on any atom is 0.247 e. The van der Waals surface area contributed by atoms with E-state index in [1.165, 1.54) is 12.8 Å². The van der Waals surface area contributed by atoms with E-state index in [-0.39, 0.29) is 29.4 Å². The van der Waals surface area contributed by atoms with E-state index < -0.39 is 0 Å². The monoisotopic (exact) mass is 264 g/mol. The number of carbonyl (C=O) groups excluding carboxylic acids is 2. The van der Waals surface area contributed by atoms with Crippen LogP contribution in [0.4, 0.5) is 0 Å². The van der Waals surface area contributed by atoms with Gasteiger partial charge in [0.05, 0.1) is 12.5 Å². The molecule has 2 aliphatic carbocycles. The fourth-order valence-electron chi connectivity index (χ4n) is 3.76. The lowest BCUT2D eigenvalue weighted by Gasteiger charge is -2.41. The van der Waals surface area contributed by atoms with E-state index in [1.807, 2.05) is 0 Å². The molecule has 0 bridgehead atoms. The Morgan fingerprint density at radius 2 is 1.79 bits per heavy atom. The van der Waals surface area contributed by atoms with E-state index in [1.54, 1.807) is 4.90 Å². The van der Waals surface area contributed by atoms with Crippen LogP contribution in [-0.2, 0) is 9.59 Å². The molecule has 1 atom stereocenters. The number of hydrogen-bond acceptors (Lipinski definition) is 3. The molecule has 2 amide bonds. The van der Waals surface area contributed by atoms with Gasteiger partial charge in [0.2, 0.25) is 11.8 Å². The van der Waals surface area contributed by atoms with Crippen molar-refractivity contribution >= 4 is 11.8 Å². The van der Waals surface area contributed by atoms with Crippen LogP contribution in [-0.4, -0.2) is 34.3 Å². The summed E-state index contributed by atoms with van der Waals surface area (Å²) < 4.78 is 0. The molecule has 0 spiro atoms. The molecule has 1 unspecified atom stereocenters. The number of imide groups is 1. The average molecular weight is 264 g/mol. The van der Waals surface area contributed by atoms with Crippen molar-refractivity contribution in [2.75, 3.05) is 0 Å². The van der Waals surface area contributed by atoms with Gasteiger partial charge in [-0.1, -0.05) is 19.3 Å². The molecule has 2 saturated carbocycles. The Morgan fingerprint density at radius 3 is 2.37 bits per heavy atom. The first-order valence-electron chi connectivity index (χ1n) is 7.73. The summed E-state index contributed by atoms with van der Waals surface area (Å²) in [6.45, 7) is 2.16. The van der Waals surface area contributed by atoms with Crippen molar-refractivity contribution < 1.29 is 9.59 Å². The van der Waals surface area contributed by atoms with Crippen LogP contribution in [0.25, 0.3) is 0 Å². The van der Waals surface area contributed by atoms with Gasteiger partial charge in [0.1, 0.15) is 0 Å². The predicted octanol–water partition coefficient (Wildman–Crippen LogP) is 1.98. The smallest absolute Gasteiger partial charge is 0.247 e. The molecule has 1 N–H and O–H groups in total. The highest BCUT2D eigenvalue weighted by Gasteiger charge is 2.45. The van der Waals surface area contributed by atoms with Crippen molar-refractivity contribution in [3.8, 4) is 0 Å². The molecular weight excluding hydrogens is 240 g/mol. The summed E-state index contributed by atoms with van der Waals surface area (Å²) in [6.07, 6.45) is 9.38. The standard InChI is InChI=1S/C15H24N2O2/c1-15(8-5-9-15)16-12-10-13(18)17(14(12)19)11-6-3-2-4-7-11/h11-12,16H,2-10H2,1H3. The summed E-state index contributed by atoms with van der Waals surface area (Å²) in [5.41, 5.74) is 0.0865. The van der Waals surface area contributed by atoms with E-state index in [4.69, 9.17) is 0 Å². The zero-order valence-corrected chi connectivity index (χ0v) is 11.8. The lowest BCUT2D eigenvalue weighted by Crippen LogP contribution is -2.55. The summed E-state index contributed by atoms with van der Waals surface area (Å²) in [7, 11) is 0. The molecule has 106 valence electrons. The van der Waals surface area contributed by atoms with Crippen molar-refractivity contribution in [1.82, 2.24) is 10.2 Å². The van der Waals surface area contributed by atoms with Gasteiger partial charge in [0.15, 0.2) is 0 Å². The summed E-state index contributed by atoms with van der Waals surface area (Å²) in [4.78, 5) is 26.2. The molecule has 3 fully saturated rings. The largest absolute Gasteiger partial charge is 0.300 e. The van der Waals surface area contributed by atoms with Crippen LogP contribution in [0.5, 0.6) is 0 Å². The maximum absolute atomic E-state index is 12.5. The average Bonchev–Trinajstić information content (AvgIpc) is 2.63. The second kappa shape index (κ2) is 4.89. The van der Waals surface area contributed by atoms with Crippen LogP contribution in [0.15, 0.2) is 0 Å². The fraction of sp³-hybridized carbons (Fsp3) is 0.867. The molecule has 1 aliphatic heterocycles. The van der Waals surface area contributed by atoms with E-state index in [9.17, 15) is 9.59 Å². The third-order valence-corrected chi connectivity index (χ3v) is 5.10. The molecule has 4 heteroatoms. The minimum Gasteiger partial charge on any atom is -0.300 e.